The van der Waals surface area contributed by atoms with Crippen LogP contribution in [0.1, 0.15) is 35.9 Å². The number of carbonyl (C=O) groups is 1. The molecule has 1 aliphatic rings. The first-order valence-electron chi connectivity index (χ1n) is 6.02. The zero-order valence-corrected chi connectivity index (χ0v) is 12.8. The summed E-state index contributed by atoms with van der Waals surface area (Å²) in [4.78, 5) is 14.5. The fourth-order valence-electron chi connectivity index (χ4n) is 1.74. The van der Waals surface area contributed by atoms with E-state index in [2.05, 4.69) is 24.4 Å². The molecule has 2 atom stereocenters. The van der Waals surface area contributed by atoms with E-state index in [9.17, 15) is 4.79 Å². The van der Waals surface area contributed by atoms with Crippen LogP contribution in [-0.2, 0) is 9.53 Å². The largest absolute Gasteiger partial charge is 0.459 e. The molecule has 18 heavy (non-hydrogen) atoms. The Morgan fingerprint density at radius 2 is 2.17 bits per heavy atom. The van der Waals surface area contributed by atoms with E-state index < -0.39 is 5.60 Å². The highest BCUT2D eigenvalue weighted by atomic mass is 32.2. The van der Waals surface area contributed by atoms with Crippen molar-refractivity contribution in [1.29, 1.82) is 0 Å². The number of thiophene rings is 1. The van der Waals surface area contributed by atoms with Crippen molar-refractivity contribution in [3.05, 3.63) is 21.9 Å². The van der Waals surface area contributed by atoms with Crippen LogP contribution in [0.4, 0.5) is 0 Å². The molecular formula is C13H19NO2S2. The van der Waals surface area contributed by atoms with Gasteiger partial charge in [0, 0.05) is 15.5 Å². The number of aryl methyl sites for hydroxylation is 1. The van der Waals surface area contributed by atoms with Crippen LogP contribution in [0.3, 0.4) is 0 Å². The zero-order valence-electron chi connectivity index (χ0n) is 11.1. The van der Waals surface area contributed by atoms with Gasteiger partial charge < -0.3 is 4.74 Å². The molecule has 100 valence electrons. The van der Waals surface area contributed by atoms with Crippen molar-refractivity contribution in [3.63, 3.8) is 0 Å². The van der Waals surface area contributed by atoms with Gasteiger partial charge in [-0.1, -0.05) is 0 Å². The molecule has 0 spiro atoms. The van der Waals surface area contributed by atoms with E-state index in [0.717, 1.165) is 5.75 Å². The standard InChI is InChI=1S/C13H19NO2S2/c1-8-5-6-10(18-8)11-14-9(7-17-11)12(15)16-13(2,3)4/h5-6,9,11,14H,7H2,1-4H3/t9-,11?/m0/s1. The third-order valence-corrected chi connectivity index (χ3v) is 4.96. The molecule has 1 unspecified atom stereocenters. The van der Waals surface area contributed by atoms with Crippen LogP contribution in [-0.4, -0.2) is 23.4 Å². The maximum Gasteiger partial charge on any atom is 0.324 e. The molecule has 0 amide bonds. The summed E-state index contributed by atoms with van der Waals surface area (Å²) >= 11 is 3.55. The number of hydrogen-bond donors (Lipinski definition) is 1. The second-order valence-electron chi connectivity index (χ2n) is 5.41. The van der Waals surface area contributed by atoms with E-state index in [1.165, 1.54) is 9.75 Å². The van der Waals surface area contributed by atoms with Gasteiger partial charge in [0.15, 0.2) is 0 Å². The molecule has 2 heterocycles. The van der Waals surface area contributed by atoms with Crippen molar-refractivity contribution in [3.8, 4) is 0 Å². The van der Waals surface area contributed by atoms with E-state index in [1.54, 1.807) is 23.1 Å². The molecule has 0 saturated carbocycles. The molecule has 2 rings (SSSR count). The van der Waals surface area contributed by atoms with Crippen LogP contribution in [0.5, 0.6) is 0 Å². The summed E-state index contributed by atoms with van der Waals surface area (Å²) in [7, 11) is 0. The Bertz CT molecular complexity index is 436. The fraction of sp³-hybridized carbons (Fsp3) is 0.615. The van der Waals surface area contributed by atoms with Gasteiger partial charge in [-0.05, 0) is 39.8 Å². The van der Waals surface area contributed by atoms with Gasteiger partial charge in [-0.15, -0.1) is 23.1 Å². The molecule has 3 nitrogen and oxygen atoms in total. The molecule has 0 bridgehead atoms. The fourth-order valence-corrected chi connectivity index (χ4v) is 4.03. The summed E-state index contributed by atoms with van der Waals surface area (Å²) in [6.45, 7) is 7.78. The summed E-state index contributed by atoms with van der Waals surface area (Å²) in [5, 5.41) is 3.57. The van der Waals surface area contributed by atoms with Gasteiger partial charge in [-0.3, -0.25) is 10.1 Å². The molecule has 0 radical (unpaired) electrons. The Kier molecular flexibility index (Phi) is 4.04. The number of rotatable bonds is 2. The summed E-state index contributed by atoms with van der Waals surface area (Å²) in [6.07, 6.45) is 0. The van der Waals surface area contributed by atoms with Crippen LogP contribution < -0.4 is 5.32 Å². The van der Waals surface area contributed by atoms with Gasteiger partial charge in [-0.2, -0.15) is 0 Å². The average molecular weight is 285 g/mol. The first kappa shape index (κ1) is 13.9. The predicted octanol–water partition coefficient (Wildman–Crippen LogP) is 3.10. The second-order valence-corrected chi connectivity index (χ2v) is 7.87. The van der Waals surface area contributed by atoms with E-state index in [1.807, 2.05) is 20.8 Å². The summed E-state index contributed by atoms with van der Waals surface area (Å²) in [5.74, 6) is 0.627. The van der Waals surface area contributed by atoms with Crippen LogP contribution in [0.15, 0.2) is 12.1 Å². The third-order valence-electron chi connectivity index (χ3n) is 2.49. The lowest BCUT2D eigenvalue weighted by molar-refractivity contribution is -0.156. The number of ether oxygens (including phenoxy) is 1. The number of carbonyl (C=O) groups excluding carboxylic acids is 1. The van der Waals surface area contributed by atoms with E-state index in [4.69, 9.17) is 4.74 Å². The lowest BCUT2D eigenvalue weighted by atomic mass is 10.2. The zero-order chi connectivity index (χ0) is 13.3. The quantitative estimate of drug-likeness (QED) is 0.847. The minimum atomic E-state index is -0.416. The molecule has 0 aromatic carbocycles. The molecule has 1 saturated heterocycles. The van der Waals surface area contributed by atoms with E-state index in [0.29, 0.717) is 0 Å². The molecule has 5 heteroatoms. The van der Waals surface area contributed by atoms with Crippen LogP contribution in [0.25, 0.3) is 0 Å². The van der Waals surface area contributed by atoms with Crippen molar-refractivity contribution in [2.75, 3.05) is 5.75 Å². The Labute approximate surface area is 116 Å². The highest BCUT2D eigenvalue weighted by Crippen LogP contribution is 2.36. The first-order chi connectivity index (χ1) is 8.35. The molecule has 1 aliphatic heterocycles. The number of nitrogens with one attached hydrogen (secondary N) is 1. The highest BCUT2D eigenvalue weighted by molar-refractivity contribution is 7.99. The minimum Gasteiger partial charge on any atom is -0.459 e. The molecule has 1 aromatic rings. The van der Waals surface area contributed by atoms with E-state index in [-0.39, 0.29) is 17.4 Å². The van der Waals surface area contributed by atoms with Gasteiger partial charge in [0.1, 0.15) is 11.6 Å². The minimum absolute atomic E-state index is 0.147. The Morgan fingerprint density at radius 1 is 1.44 bits per heavy atom. The normalized spacial score (nSPS) is 24.2. The molecule has 1 aromatic heterocycles. The SMILES string of the molecule is Cc1ccc(C2N[C@H](C(=O)OC(C)(C)C)CS2)s1. The van der Waals surface area contributed by atoms with Crippen LogP contribution in [0, 0.1) is 6.92 Å². The summed E-state index contributed by atoms with van der Waals surface area (Å²) in [5.41, 5.74) is -0.416. The molecule has 1 N–H and O–H groups in total. The topological polar surface area (TPSA) is 38.3 Å². The number of hydrogen-bond acceptors (Lipinski definition) is 5. The monoisotopic (exact) mass is 285 g/mol. The lowest BCUT2D eigenvalue weighted by Gasteiger charge is -2.22. The van der Waals surface area contributed by atoms with Crippen molar-refractivity contribution in [2.45, 2.75) is 44.7 Å². The van der Waals surface area contributed by atoms with Crippen molar-refractivity contribution in [1.82, 2.24) is 5.32 Å². The third kappa shape index (κ3) is 3.49. The number of thioether (sulfide) groups is 1. The van der Waals surface area contributed by atoms with Crippen molar-refractivity contribution in [2.24, 2.45) is 0 Å². The predicted molar refractivity (Wildman–Crippen MR) is 77.0 cm³/mol. The van der Waals surface area contributed by atoms with Gasteiger partial charge in [0.2, 0.25) is 0 Å². The second kappa shape index (κ2) is 5.23. The van der Waals surface area contributed by atoms with Crippen LogP contribution in [0.2, 0.25) is 0 Å². The first-order valence-corrected chi connectivity index (χ1v) is 7.88. The maximum atomic E-state index is 11.9. The Hall–Kier alpha value is -0.520. The summed E-state index contributed by atoms with van der Waals surface area (Å²) < 4.78 is 5.40. The van der Waals surface area contributed by atoms with Crippen molar-refractivity contribution < 1.29 is 9.53 Å². The average Bonchev–Trinajstić information content (AvgIpc) is 2.82. The summed E-state index contributed by atoms with van der Waals surface area (Å²) in [6, 6.07) is 4.05. The smallest absolute Gasteiger partial charge is 0.324 e. The molecule has 0 aliphatic carbocycles. The Morgan fingerprint density at radius 3 is 2.72 bits per heavy atom. The maximum absolute atomic E-state index is 11.9. The van der Waals surface area contributed by atoms with Gasteiger partial charge in [-0.25, -0.2) is 0 Å². The van der Waals surface area contributed by atoms with Crippen molar-refractivity contribution >= 4 is 29.1 Å². The van der Waals surface area contributed by atoms with Gasteiger partial charge in [0.25, 0.3) is 0 Å². The lowest BCUT2D eigenvalue weighted by Crippen LogP contribution is -2.39. The van der Waals surface area contributed by atoms with Gasteiger partial charge >= 0.3 is 5.97 Å². The number of esters is 1. The highest BCUT2D eigenvalue weighted by Gasteiger charge is 2.34. The van der Waals surface area contributed by atoms with Crippen LogP contribution >= 0.6 is 23.1 Å². The molecule has 1 fully saturated rings. The van der Waals surface area contributed by atoms with E-state index >= 15 is 0 Å². The molecular weight excluding hydrogens is 266 g/mol. The Balaban J connectivity index is 1.94. The van der Waals surface area contributed by atoms with Gasteiger partial charge in [0.05, 0.1) is 5.37 Å².